The Kier molecular flexibility index (Phi) is 3.89. The Hall–Kier alpha value is -1.09. The van der Waals surface area contributed by atoms with Crippen LogP contribution in [0.15, 0.2) is 18.2 Å². The number of methoxy groups -OCH3 is 1. The first-order valence-corrected chi connectivity index (χ1v) is 4.64. The molecule has 0 saturated heterocycles. The van der Waals surface area contributed by atoms with E-state index in [1.54, 1.807) is 13.0 Å². The number of aliphatic hydroxyl groups excluding tert-OH is 1. The van der Waals surface area contributed by atoms with Crippen LogP contribution >= 0.6 is 0 Å². The Morgan fingerprint density at radius 2 is 2.21 bits per heavy atom. The molecule has 0 spiro atoms. The highest BCUT2D eigenvalue weighted by Crippen LogP contribution is 2.18. The third kappa shape index (κ3) is 3.00. The standard InChI is InChI=1S/C11H15FO2/c1-8(13)3-4-9-5-6-11(14-2)10(12)7-9/h5-8,13H,3-4H2,1-2H3/t8-/m1/s1. The van der Waals surface area contributed by atoms with Gasteiger partial charge in [0.2, 0.25) is 0 Å². The van der Waals surface area contributed by atoms with Crippen LogP contribution in [-0.4, -0.2) is 18.3 Å². The van der Waals surface area contributed by atoms with Crippen molar-refractivity contribution in [3.05, 3.63) is 29.6 Å². The Labute approximate surface area is 83.3 Å². The molecule has 78 valence electrons. The summed E-state index contributed by atoms with van der Waals surface area (Å²) in [5, 5.41) is 9.07. The van der Waals surface area contributed by atoms with E-state index in [0.29, 0.717) is 12.8 Å². The van der Waals surface area contributed by atoms with Gasteiger partial charge in [-0.15, -0.1) is 0 Å². The maximum atomic E-state index is 13.2. The summed E-state index contributed by atoms with van der Waals surface area (Å²) in [5.74, 6) is -0.0959. The third-order valence-electron chi connectivity index (χ3n) is 2.07. The van der Waals surface area contributed by atoms with E-state index in [9.17, 15) is 4.39 Å². The molecule has 0 radical (unpaired) electrons. The van der Waals surface area contributed by atoms with E-state index in [2.05, 4.69) is 0 Å². The molecule has 0 aliphatic heterocycles. The van der Waals surface area contributed by atoms with E-state index in [1.807, 2.05) is 6.07 Å². The van der Waals surface area contributed by atoms with Gasteiger partial charge in [0.1, 0.15) is 0 Å². The number of hydrogen-bond donors (Lipinski definition) is 1. The van der Waals surface area contributed by atoms with Crippen LogP contribution in [0.3, 0.4) is 0 Å². The van der Waals surface area contributed by atoms with Gasteiger partial charge in [-0.05, 0) is 37.5 Å². The van der Waals surface area contributed by atoms with Gasteiger partial charge in [-0.3, -0.25) is 0 Å². The van der Waals surface area contributed by atoms with Crippen LogP contribution in [0.2, 0.25) is 0 Å². The Bertz CT molecular complexity index is 297. The zero-order valence-electron chi connectivity index (χ0n) is 8.46. The Morgan fingerprint density at radius 1 is 1.50 bits per heavy atom. The normalized spacial score (nSPS) is 12.6. The van der Waals surface area contributed by atoms with Gasteiger partial charge in [0, 0.05) is 0 Å². The summed E-state index contributed by atoms with van der Waals surface area (Å²) < 4.78 is 18.0. The molecule has 0 bridgehead atoms. The Morgan fingerprint density at radius 3 is 2.71 bits per heavy atom. The molecule has 0 unspecified atom stereocenters. The first kappa shape index (κ1) is 11.0. The summed E-state index contributed by atoms with van der Waals surface area (Å²) in [6, 6.07) is 4.86. The largest absolute Gasteiger partial charge is 0.494 e. The predicted octanol–water partition coefficient (Wildman–Crippen LogP) is 2.15. The summed E-state index contributed by atoms with van der Waals surface area (Å²) in [6.07, 6.45) is 0.977. The molecule has 0 aromatic heterocycles. The van der Waals surface area contributed by atoms with Crippen LogP contribution < -0.4 is 4.74 Å². The zero-order chi connectivity index (χ0) is 10.6. The number of benzene rings is 1. The zero-order valence-corrected chi connectivity index (χ0v) is 8.46. The van der Waals surface area contributed by atoms with Gasteiger partial charge in [0.15, 0.2) is 11.6 Å². The molecule has 2 nitrogen and oxygen atoms in total. The predicted molar refractivity (Wildman–Crippen MR) is 53.0 cm³/mol. The highest BCUT2D eigenvalue weighted by molar-refractivity contribution is 5.29. The molecule has 0 heterocycles. The SMILES string of the molecule is COc1ccc(CC[C@@H](C)O)cc1F. The quantitative estimate of drug-likeness (QED) is 0.803. The van der Waals surface area contributed by atoms with E-state index < -0.39 is 0 Å². The van der Waals surface area contributed by atoms with Crippen molar-refractivity contribution < 1.29 is 14.2 Å². The fourth-order valence-electron chi connectivity index (χ4n) is 1.24. The van der Waals surface area contributed by atoms with E-state index in [4.69, 9.17) is 9.84 Å². The second-order valence-corrected chi connectivity index (χ2v) is 3.36. The minimum absolute atomic E-state index is 0.255. The minimum atomic E-state index is -0.351. The van der Waals surface area contributed by atoms with Crippen LogP contribution in [-0.2, 0) is 6.42 Å². The van der Waals surface area contributed by atoms with Gasteiger partial charge >= 0.3 is 0 Å². The molecule has 3 heteroatoms. The summed E-state index contributed by atoms with van der Waals surface area (Å²) in [7, 11) is 1.44. The van der Waals surface area contributed by atoms with Crippen molar-refractivity contribution >= 4 is 0 Å². The fourth-order valence-corrected chi connectivity index (χ4v) is 1.24. The van der Waals surface area contributed by atoms with Gasteiger partial charge in [-0.2, -0.15) is 0 Å². The molecule has 1 rings (SSSR count). The molecule has 0 amide bonds. The number of halogens is 1. The maximum Gasteiger partial charge on any atom is 0.165 e. The van der Waals surface area contributed by atoms with Gasteiger partial charge in [-0.1, -0.05) is 6.07 Å². The van der Waals surface area contributed by atoms with Gasteiger partial charge in [0.05, 0.1) is 13.2 Å². The number of aryl methyl sites for hydroxylation is 1. The lowest BCUT2D eigenvalue weighted by atomic mass is 10.1. The molecule has 14 heavy (non-hydrogen) atoms. The lowest BCUT2D eigenvalue weighted by Gasteiger charge is -2.06. The summed E-state index contributed by atoms with van der Waals surface area (Å²) in [6.45, 7) is 1.72. The molecule has 1 aromatic carbocycles. The molecule has 0 aliphatic rings. The van der Waals surface area contributed by atoms with Crippen molar-refractivity contribution in [1.82, 2.24) is 0 Å². The second kappa shape index (κ2) is 4.96. The average molecular weight is 198 g/mol. The summed E-state index contributed by atoms with van der Waals surface area (Å²) >= 11 is 0. The lowest BCUT2D eigenvalue weighted by Crippen LogP contribution is -2.01. The van der Waals surface area contributed by atoms with Crippen LogP contribution in [0.1, 0.15) is 18.9 Å². The van der Waals surface area contributed by atoms with Gasteiger partial charge < -0.3 is 9.84 Å². The molecule has 1 N–H and O–H groups in total. The molecule has 0 fully saturated rings. The number of hydrogen-bond acceptors (Lipinski definition) is 2. The number of ether oxygens (including phenoxy) is 1. The van der Waals surface area contributed by atoms with Crippen LogP contribution in [0.25, 0.3) is 0 Å². The van der Waals surface area contributed by atoms with E-state index in [1.165, 1.54) is 13.2 Å². The van der Waals surface area contributed by atoms with E-state index in [0.717, 1.165) is 5.56 Å². The first-order chi connectivity index (χ1) is 6.63. The minimum Gasteiger partial charge on any atom is -0.494 e. The van der Waals surface area contributed by atoms with Crippen molar-refractivity contribution in [3.8, 4) is 5.75 Å². The van der Waals surface area contributed by atoms with Crippen molar-refractivity contribution in [2.45, 2.75) is 25.9 Å². The molecular formula is C11H15FO2. The Balaban J connectivity index is 2.66. The van der Waals surface area contributed by atoms with Crippen molar-refractivity contribution in [1.29, 1.82) is 0 Å². The first-order valence-electron chi connectivity index (χ1n) is 4.64. The highest BCUT2D eigenvalue weighted by Gasteiger charge is 2.04. The molecule has 0 saturated carbocycles. The second-order valence-electron chi connectivity index (χ2n) is 3.36. The third-order valence-corrected chi connectivity index (χ3v) is 2.07. The van der Waals surface area contributed by atoms with Crippen molar-refractivity contribution in [2.24, 2.45) is 0 Å². The van der Waals surface area contributed by atoms with Crippen molar-refractivity contribution in [3.63, 3.8) is 0 Å². The van der Waals surface area contributed by atoms with E-state index >= 15 is 0 Å². The summed E-state index contributed by atoms with van der Waals surface area (Å²) in [5.41, 5.74) is 0.879. The lowest BCUT2D eigenvalue weighted by molar-refractivity contribution is 0.185. The van der Waals surface area contributed by atoms with Crippen LogP contribution in [0.4, 0.5) is 4.39 Å². The fraction of sp³-hybridized carbons (Fsp3) is 0.455. The average Bonchev–Trinajstić information content (AvgIpc) is 2.15. The van der Waals surface area contributed by atoms with Crippen LogP contribution in [0, 0.1) is 5.82 Å². The number of rotatable bonds is 4. The van der Waals surface area contributed by atoms with Crippen molar-refractivity contribution in [2.75, 3.05) is 7.11 Å². The summed E-state index contributed by atoms with van der Waals surface area (Å²) in [4.78, 5) is 0. The van der Waals surface area contributed by atoms with E-state index in [-0.39, 0.29) is 17.7 Å². The molecular weight excluding hydrogens is 183 g/mol. The highest BCUT2D eigenvalue weighted by atomic mass is 19.1. The van der Waals surface area contributed by atoms with Gasteiger partial charge in [0.25, 0.3) is 0 Å². The molecule has 1 atom stereocenters. The molecule has 1 aromatic rings. The topological polar surface area (TPSA) is 29.5 Å². The van der Waals surface area contributed by atoms with Gasteiger partial charge in [-0.25, -0.2) is 4.39 Å². The monoisotopic (exact) mass is 198 g/mol. The molecule has 0 aliphatic carbocycles. The van der Waals surface area contributed by atoms with Crippen LogP contribution in [0.5, 0.6) is 5.75 Å². The number of aliphatic hydroxyl groups is 1. The maximum absolute atomic E-state index is 13.2. The smallest absolute Gasteiger partial charge is 0.165 e.